The summed E-state index contributed by atoms with van der Waals surface area (Å²) in [5.74, 6) is -0.234. The summed E-state index contributed by atoms with van der Waals surface area (Å²) < 4.78 is 13.8. The Morgan fingerprint density at radius 1 is 1.39 bits per heavy atom. The highest BCUT2D eigenvalue weighted by Crippen LogP contribution is 2.25. The predicted octanol–water partition coefficient (Wildman–Crippen LogP) is 4.43. The topological polar surface area (TPSA) is 12.0 Å². The zero-order chi connectivity index (χ0) is 13.0. The third-order valence-corrected chi connectivity index (χ3v) is 4.00. The number of nitrogens with one attached hydrogen (secondary N) is 1. The van der Waals surface area contributed by atoms with E-state index in [0.717, 1.165) is 6.54 Å². The van der Waals surface area contributed by atoms with E-state index in [1.165, 1.54) is 10.9 Å². The van der Waals surface area contributed by atoms with Crippen LogP contribution in [-0.2, 0) is 6.42 Å². The molecule has 18 heavy (non-hydrogen) atoms. The Balaban J connectivity index is 2.18. The minimum absolute atomic E-state index is 0.158. The first-order valence-corrected chi connectivity index (χ1v) is 7.17. The van der Waals surface area contributed by atoms with Crippen molar-refractivity contribution in [3.05, 3.63) is 57.0 Å². The van der Waals surface area contributed by atoms with E-state index >= 15 is 0 Å². The van der Waals surface area contributed by atoms with Crippen molar-refractivity contribution in [1.29, 1.82) is 0 Å². The van der Waals surface area contributed by atoms with Crippen LogP contribution >= 0.6 is 22.9 Å². The van der Waals surface area contributed by atoms with Crippen LogP contribution in [0.2, 0.25) is 5.02 Å². The molecule has 0 bridgehead atoms. The molecule has 1 nitrogen and oxygen atoms in total. The second-order valence-electron chi connectivity index (χ2n) is 4.07. The Kier molecular flexibility index (Phi) is 4.75. The Labute approximate surface area is 116 Å². The van der Waals surface area contributed by atoms with Crippen molar-refractivity contribution >= 4 is 22.9 Å². The standard InChI is InChI=1S/C14H15ClFNS/c1-2-17-13(14-4-3-7-18-14)8-10-5-6-11(15)9-12(10)16/h3-7,9,13,17H,2,8H2,1H3. The van der Waals surface area contributed by atoms with Gasteiger partial charge in [-0.15, -0.1) is 11.3 Å². The maximum atomic E-state index is 13.8. The molecule has 1 N–H and O–H groups in total. The summed E-state index contributed by atoms with van der Waals surface area (Å²) in [5.41, 5.74) is 0.693. The molecule has 0 fully saturated rings. The van der Waals surface area contributed by atoms with Gasteiger partial charge in [0.05, 0.1) is 0 Å². The Morgan fingerprint density at radius 3 is 2.83 bits per heavy atom. The average molecular weight is 284 g/mol. The Hall–Kier alpha value is -0.900. The highest BCUT2D eigenvalue weighted by Gasteiger charge is 2.14. The van der Waals surface area contributed by atoms with Crippen LogP contribution in [0.15, 0.2) is 35.7 Å². The first-order valence-electron chi connectivity index (χ1n) is 5.91. The first kappa shape index (κ1) is 13.5. The van der Waals surface area contributed by atoms with E-state index in [-0.39, 0.29) is 11.9 Å². The number of hydrogen-bond acceptors (Lipinski definition) is 2. The summed E-state index contributed by atoms with van der Waals surface area (Å²) in [6, 6.07) is 9.11. The number of thiophene rings is 1. The normalized spacial score (nSPS) is 12.6. The summed E-state index contributed by atoms with van der Waals surface area (Å²) in [6.07, 6.45) is 0.636. The van der Waals surface area contributed by atoms with Gasteiger partial charge in [0.15, 0.2) is 0 Å². The van der Waals surface area contributed by atoms with Crippen molar-refractivity contribution in [1.82, 2.24) is 5.32 Å². The molecule has 0 saturated carbocycles. The molecule has 4 heteroatoms. The molecular formula is C14H15ClFNS. The van der Waals surface area contributed by atoms with Crippen LogP contribution in [0.1, 0.15) is 23.4 Å². The average Bonchev–Trinajstić information content (AvgIpc) is 2.85. The van der Waals surface area contributed by atoms with Gasteiger partial charge in [-0.1, -0.05) is 30.7 Å². The summed E-state index contributed by atoms with van der Waals surface area (Å²) in [4.78, 5) is 1.23. The van der Waals surface area contributed by atoms with Gasteiger partial charge in [0.2, 0.25) is 0 Å². The number of rotatable bonds is 5. The molecule has 0 aliphatic heterocycles. The van der Waals surface area contributed by atoms with E-state index in [2.05, 4.69) is 18.3 Å². The quantitative estimate of drug-likeness (QED) is 0.856. The van der Waals surface area contributed by atoms with Crippen molar-refractivity contribution in [2.45, 2.75) is 19.4 Å². The van der Waals surface area contributed by atoms with Crippen LogP contribution in [0.5, 0.6) is 0 Å². The van der Waals surface area contributed by atoms with E-state index in [0.29, 0.717) is 17.0 Å². The summed E-state index contributed by atoms with van der Waals surface area (Å²) >= 11 is 7.45. The Morgan fingerprint density at radius 2 is 2.22 bits per heavy atom. The maximum absolute atomic E-state index is 13.8. The van der Waals surface area contributed by atoms with E-state index < -0.39 is 0 Å². The van der Waals surface area contributed by atoms with Crippen molar-refractivity contribution in [3.63, 3.8) is 0 Å². The van der Waals surface area contributed by atoms with Gasteiger partial charge in [-0.05, 0) is 42.1 Å². The molecule has 1 heterocycles. The van der Waals surface area contributed by atoms with Crippen molar-refractivity contribution in [3.8, 4) is 0 Å². The molecule has 2 rings (SSSR count). The smallest absolute Gasteiger partial charge is 0.127 e. The van der Waals surface area contributed by atoms with Crippen LogP contribution in [0.25, 0.3) is 0 Å². The number of likely N-dealkylation sites (N-methyl/N-ethyl adjacent to an activating group) is 1. The summed E-state index contributed by atoms with van der Waals surface area (Å²) in [6.45, 7) is 2.91. The third kappa shape index (κ3) is 3.31. The molecule has 0 aliphatic rings. The van der Waals surface area contributed by atoms with Gasteiger partial charge >= 0.3 is 0 Å². The number of halogens is 2. The minimum atomic E-state index is -0.234. The zero-order valence-corrected chi connectivity index (χ0v) is 11.7. The fourth-order valence-corrected chi connectivity index (χ4v) is 2.88. The van der Waals surface area contributed by atoms with E-state index in [4.69, 9.17) is 11.6 Å². The fourth-order valence-electron chi connectivity index (χ4n) is 1.92. The molecule has 2 aromatic rings. The van der Waals surface area contributed by atoms with Gasteiger partial charge in [-0.3, -0.25) is 0 Å². The van der Waals surface area contributed by atoms with Crippen LogP contribution in [-0.4, -0.2) is 6.54 Å². The molecule has 0 saturated heterocycles. The summed E-state index contributed by atoms with van der Waals surface area (Å²) in [7, 11) is 0. The number of hydrogen-bond donors (Lipinski definition) is 1. The van der Waals surface area contributed by atoms with Gasteiger partial charge in [-0.2, -0.15) is 0 Å². The molecule has 1 atom stereocenters. The molecular weight excluding hydrogens is 269 g/mol. The van der Waals surface area contributed by atoms with E-state index in [1.807, 2.05) is 11.4 Å². The molecule has 0 amide bonds. The highest BCUT2D eigenvalue weighted by molar-refractivity contribution is 7.10. The highest BCUT2D eigenvalue weighted by atomic mass is 35.5. The van der Waals surface area contributed by atoms with Crippen LogP contribution in [0.3, 0.4) is 0 Å². The second kappa shape index (κ2) is 6.32. The molecule has 1 aromatic carbocycles. The molecule has 0 spiro atoms. The second-order valence-corrected chi connectivity index (χ2v) is 5.48. The van der Waals surface area contributed by atoms with Gasteiger partial charge in [0.25, 0.3) is 0 Å². The van der Waals surface area contributed by atoms with Crippen molar-refractivity contribution in [2.75, 3.05) is 6.54 Å². The van der Waals surface area contributed by atoms with E-state index in [1.54, 1.807) is 23.5 Å². The van der Waals surface area contributed by atoms with Crippen molar-refractivity contribution in [2.24, 2.45) is 0 Å². The molecule has 0 radical (unpaired) electrons. The lowest BCUT2D eigenvalue weighted by Gasteiger charge is -2.17. The van der Waals surface area contributed by atoms with Gasteiger partial charge in [0.1, 0.15) is 5.82 Å². The van der Waals surface area contributed by atoms with Crippen molar-refractivity contribution < 1.29 is 4.39 Å². The fraction of sp³-hybridized carbons (Fsp3) is 0.286. The monoisotopic (exact) mass is 283 g/mol. The molecule has 1 aromatic heterocycles. The third-order valence-electron chi connectivity index (χ3n) is 2.78. The lowest BCUT2D eigenvalue weighted by Crippen LogP contribution is -2.22. The zero-order valence-electron chi connectivity index (χ0n) is 10.1. The largest absolute Gasteiger partial charge is 0.309 e. The lowest BCUT2D eigenvalue weighted by atomic mass is 10.0. The van der Waals surface area contributed by atoms with Crippen LogP contribution in [0, 0.1) is 5.82 Å². The SMILES string of the molecule is CCNC(Cc1ccc(Cl)cc1F)c1cccs1. The van der Waals surface area contributed by atoms with Crippen LogP contribution < -0.4 is 5.32 Å². The van der Waals surface area contributed by atoms with Gasteiger partial charge < -0.3 is 5.32 Å². The Bertz CT molecular complexity index is 499. The predicted molar refractivity (Wildman–Crippen MR) is 75.9 cm³/mol. The van der Waals surface area contributed by atoms with Gasteiger partial charge in [-0.25, -0.2) is 4.39 Å². The molecule has 1 unspecified atom stereocenters. The molecule has 96 valence electrons. The lowest BCUT2D eigenvalue weighted by molar-refractivity contribution is 0.534. The maximum Gasteiger partial charge on any atom is 0.127 e. The van der Waals surface area contributed by atoms with Gasteiger partial charge in [0, 0.05) is 15.9 Å². The first-order chi connectivity index (χ1) is 8.70. The summed E-state index contributed by atoms with van der Waals surface area (Å²) in [5, 5.41) is 5.86. The molecule has 0 aliphatic carbocycles. The van der Waals surface area contributed by atoms with E-state index in [9.17, 15) is 4.39 Å². The number of benzene rings is 1. The minimum Gasteiger partial charge on any atom is -0.309 e. The van der Waals surface area contributed by atoms with Crippen LogP contribution in [0.4, 0.5) is 4.39 Å².